The molecule has 1 aliphatic rings. The standard InChI is InChI=1S/C20H22ClNO5/c1-25-10-3-11-26-18-7-6-15(21)12-14(18)13-22-9-8-16-17(22)4-2-5-19(16)27-20(23)24/h2,4-7,12H,3,8-11,13H2,1H3,(H,23,24). The van der Waals surface area contributed by atoms with Crippen LogP contribution in [-0.4, -0.2) is 38.1 Å². The second kappa shape index (κ2) is 8.97. The van der Waals surface area contributed by atoms with E-state index < -0.39 is 6.16 Å². The monoisotopic (exact) mass is 391 g/mol. The van der Waals surface area contributed by atoms with Crippen LogP contribution in [0.15, 0.2) is 36.4 Å². The molecule has 0 spiro atoms. The lowest BCUT2D eigenvalue weighted by atomic mass is 10.1. The number of hydrogen-bond donors (Lipinski definition) is 1. The van der Waals surface area contributed by atoms with E-state index in [1.165, 1.54) is 0 Å². The highest BCUT2D eigenvalue weighted by Gasteiger charge is 2.24. The summed E-state index contributed by atoms with van der Waals surface area (Å²) in [7, 11) is 1.67. The number of anilines is 1. The van der Waals surface area contributed by atoms with Crippen molar-refractivity contribution in [2.45, 2.75) is 19.4 Å². The van der Waals surface area contributed by atoms with E-state index in [1.54, 1.807) is 19.2 Å². The molecule has 0 saturated heterocycles. The Morgan fingerprint density at radius 3 is 2.85 bits per heavy atom. The van der Waals surface area contributed by atoms with Gasteiger partial charge in [-0.3, -0.25) is 0 Å². The van der Waals surface area contributed by atoms with Crippen LogP contribution < -0.4 is 14.4 Å². The molecule has 1 aliphatic heterocycles. The van der Waals surface area contributed by atoms with Crippen LogP contribution >= 0.6 is 11.6 Å². The van der Waals surface area contributed by atoms with Crippen molar-refractivity contribution < 1.29 is 24.1 Å². The minimum atomic E-state index is -1.30. The first-order valence-corrected chi connectivity index (χ1v) is 9.14. The van der Waals surface area contributed by atoms with Gasteiger partial charge in [-0.2, -0.15) is 0 Å². The molecule has 6 nitrogen and oxygen atoms in total. The summed E-state index contributed by atoms with van der Waals surface area (Å²) in [5, 5.41) is 9.56. The molecule has 7 heteroatoms. The predicted molar refractivity (Wildman–Crippen MR) is 103 cm³/mol. The number of nitrogens with zero attached hydrogens (tertiary/aromatic N) is 1. The third kappa shape index (κ3) is 4.84. The molecule has 27 heavy (non-hydrogen) atoms. The van der Waals surface area contributed by atoms with Gasteiger partial charge >= 0.3 is 6.16 Å². The molecule has 0 aromatic heterocycles. The molecule has 3 rings (SSSR count). The highest BCUT2D eigenvalue weighted by atomic mass is 35.5. The second-order valence-electron chi connectivity index (χ2n) is 6.24. The first kappa shape index (κ1) is 19.3. The molecular formula is C20H22ClNO5. The molecule has 0 bridgehead atoms. The Kier molecular flexibility index (Phi) is 6.42. The molecular weight excluding hydrogens is 370 g/mol. The summed E-state index contributed by atoms with van der Waals surface area (Å²) >= 11 is 6.19. The zero-order chi connectivity index (χ0) is 19.2. The SMILES string of the molecule is COCCCOc1ccc(Cl)cc1CN1CCc2c(OC(=O)O)cccc21. The third-order valence-corrected chi connectivity index (χ3v) is 4.65. The molecule has 1 N–H and O–H groups in total. The number of fused-ring (bicyclic) bond motifs is 1. The Hall–Kier alpha value is -2.44. The Balaban J connectivity index is 1.77. The quantitative estimate of drug-likeness (QED) is 0.409. The van der Waals surface area contributed by atoms with Crippen molar-refractivity contribution in [1.82, 2.24) is 0 Å². The summed E-state index contributed by atoms with van der Waals surface area (Å²) in [4.78, 5) is 13.1. The van der Waals surface area contributed by atoms with Gasteiger partial charge in [0, 0.05) is 55.1 Å². The van der Waals surface area contributed by atoms with Gasteiger partial charge in [0.2, 0.25) is 0 Å². The lowest BCUT2D eigenvalue weighted by Crippen LogP contribution is -2.20. The van der Waals surface area contributed by atoms with Crippen LogP contribution in [0, 0.1) is 0 Å². The smallest absolute Gasteiger partial charge is 0.493 e. The largest absolute Gasteiger partial charge is 0.511 e. The van der Waals surface area contributed by atoms with E-state index in [-0.39, 0.29) is 0 Å². The van der Waals surface area contributed by atoms with Crippen LogP contribution in [0.4, 0.5) is 10.5 Å². The Bertz CT molecular complexity index is 811. The van der Waals surface area contributed by atoms with Crippen molar-refractivity contribution in [2.24, 2.45) is 0 Å². The van der Waals surface area contributed by atoms with Gasteiger partial charge in [0.05, 0.1) is 6.61 Å². The summed E-state index contributed by atoms with van der Waals surface area (Å²) in [6.07, 6.45) is 0.230. The molecule has 0 radical (unpaired) electrons. The zero-order valence-corrected chi connectivity index (χ0v) is 15.9. The van der Waals surface area contributed by atoms with E-state index in [0.29, 0.717) is 30.5 Å². The first-order chi connectivity index (χ1) is 13.1. The van der Waals surface area contributed by atoms with Crippen molar-refractivity contribution in [3.63, 3.8) is 0 Å². The Labute approximate surface area is 163 Å². The second-order valence-corrected chi connectivity index (χ2v) is 6.68. The molecule has 0 fully saturated rings. The molecule has 0 unspecified atom stereocenters. The topological polar surface area (TPSA) is 68.2 Å². The van der Waals surface area contributed by atoms with Gasteiger partial charge in [0.25, 0.3) is 0 Å². The molecule has 2 aromatic rings. The molecule has 0 saturated carbocycles. The predicted octanol–water partition coefficient (Wildman–Crippen LogP) is 4.37. The summed E-state index contributed by atoms with van der Waals surface area (Å²) in [5.74, 6) is 1.19. The Morgan fingerprint density at radius 1 is 1.22 bits per heavy atom. The van der Waals surface area contributed by atoms with Crippen LogP contribution in [0.5, 0.6) is 11.5 Å². The van der Waals surface area contributed by atoms with Crippen LogP contribution in [-0.2, 0) is 17.7 Å². The maximum atomic E-state index is 10.9. The summed E-state index contributed by atoms with van der Waals surface area (Å²) in [5.41, 5.74) is 2.86. The summed E-state index contributed by atoms with van der Waals surface area (Å²) in [6.45, 7) is 2.60. The van der Waals surface area contributed by atoms with Gasteiger partial charge in [-0.1, -0.05) is 17.7 Å². The molecule has 144 valence electrons. The molecule has 1 heterocycles. The van der Waals surface area contributed by atoms with Gasteiger partial charge in [-0.05, 0) is 36.8 Å². The average Bonchev–Trinajstić information content (AvgIpc) is 3.04. The number of methoxy groups -OCH3 is 1. The number of halogens is 1. The van der Waals surface area contributed by atoms with Crippen LogP contribution in [0.1, 0.15) is 17.5 Å². The lowest BCUT2D eigenvalue weighted by Gasteiger charge is -2.22. The fourth-order valence-corrected chi connectivity index (χ4v) is 3.42. The van der Waals surface area contributed by atoms with E-state index in [4.69, 9.17) is 30.9 Å². The minimum Gasteiger partial charge on any atom is -0.493 e. The zero-order valence-electron chi connectivity index (χ0n) is 15.1. The molecule has 2 aromatic carbocycles. The highest BCUT2D eigenvalue weighted by molar-refractivity contribution is 6.30. The van der Waals surface area contributed by atoms with Crippen LogP contribution in [0.25, 0.3) is 0 Å². The van der Waals surface area contributed by atoms with E-state index in [9.17, 15) is 4.79 Å². The normalized spacial score (nSPS) is 12.7. The van der Waals surface area contributed by atoms with Gasteiger partial charge in [-0.15, -0.1) is 0 Å². The van der Waals surface area contributed by atoms with E-state index in [2.05, 4.69) is 4.90 Å². The van der Waals surface area contributed by atoms with E-state index in [0.717, 1.165) is 42.0 Å². The highest BCUT2D eigenvalue weighted by Crippen LogP contribution is 2.37. The number of carbonyl (C=O) groups is 1. The van der Waals surface area contributed by atoms with Gasteiger partial charge < -0.3 is 24.2 Å². The molecule has 0 amide bonds. The van der Waals surface area contributed by atoms with Crippen LogP contribution in [0.3, 0.4) is 0 Å². The van der Waals surface area contributed by atoms with Crippen molar-refractivity contribution in [1.29, 1.82) is 0 Å². The number of ether oxygens (including phenoxy) is 3. The first-order valence-electron chi connectivity index (χ1n) is 8.76. The Morgan fingerprint density at radius 2 is 2.07 bits per heavy atom. The van der Waals surface area contributed by atoms with Crippen LogP contribution in [0.2, 0.25) is 5.02 Å². The van der Waals surface area contributed by atoms with Gasteiger partial charge in [0.1, 0.15) is 11.5 Å². The number of benzene rings is 2. The summed E-state index contributed by atoms with van der Waals surface area (Å²) in [6, 6.07) is 11.1. The van der Waals surface area contributed by atoms with Crippen molar-refractivity contribution >= 4 is 23.4 Å². The summed E-state index contributed by atoms with van der Waals surface area (Å²) < 4.78 is 15.9. The fourth-order valence-electron chi connectivity index (χ4n) is 3.23. The number of rotatable bonds is 8. The van der Waals surface area contributed by atoms with Gasteiger partial charge in [0.15, 0.2) is 0 Å². The minimum absolute atomic E-state index is 0.393. The lowest BCUT2D eigenvalue weighted by molar-refractivity contribution is 0.144. The van der Waals surface area contributed by atoms with Crippen molar-refractivity contribution in [3.05, 3.63) is 52.5 Å². The fraction of sp³-hybridized carbons (Fsp3) is 0.350. The number of hydrogen-bond acceptors (Lipinski definition) is 5. The van der Waals surface area contributed by atoms with Gasteiger partial charge in [-0.25, -0.2) is 4.79 Å². The molecule has 0 aliphatic carbocycles. The third-order valence-electron chi connectivity index (χ3n) is 4.41. The molecule has 0 atom stereocenters. The maximum absolute atomic E-state index is 10.9. The van der Waals surface area contributed by atoms with Crippen molar-refractivity contribution in [2.75, 3.05) is 31.8 Å². The van der Waals surface area contributed by atoms with E-state index >= 15 is 0 Å². The van der Waals surface area contributed by atoms with E-state index in [1.807, 2.05) is 24.3 Å². The maximum Gasteiger partial charge on any atom is 0.511 e. The number of carboxylic acid groups (broad SMARTS) is 1. The van der Waals surface area contributed by atoms with Crippen molar-refractivity contribution in [3.8, 4) is 11.5 Å². The average molecular weight is 392 g/mol.